The van der Waals surface area contributed by atoms with Crippen molar-refractivity contribution < 1.29 is 18.4 Å². The third-order valence-corrected chi connectivity index (χ3v) is 5.26. The summed E-state index contributed by atoms with van der Waals surface area (Å²) in [6, 6.07) is 4.06. The number of hydrogen-bond donors (Lipinski definition) is 2. The molecule has 1 aromatic rings. The van der Waals surface area contributed by atoms with E-state index in [4.69, 9.17) is 0 Å². The molecule has 0 heterocycles. The number of nitro benzene ring substituents is 1. The van der Waals surface area contributed by atoms with E-state index < -0.39 is 26.2 Å². The summed E-state index contributed by atoms with van der Waals surface area (Å²) in [5, 5.41) is 21.0. The van der Waals surface area contributed by atoms with Gasteiger partial charge in [-0.15, -0.1) is 0 Å². The molecule has 0 aliphatic rings. The van der Waals surface area contributed by atoms with Gasteiger partial charge >= 0.3 is 0 Å². The molecule has 118 valence electrons. The molecule has 0 aliphatic heterocycles. The van der Waals surface area contributed by atoms with Gasteiger partial charge in [0.1, 0.15) is 0 Å². The maximum atomic E-state index is 12.3. The zero-order valence-electron chi connectivity index (χ0n) is 12.0. The average Bonchev–Trinajstić information content (AvgIpc) is 2.36. The van der Waals surface area contributed by atoms with Crippen LogP contribution in [0.1, 0.15) is 12.5 Å². The Bertz CT molecular complexity index is 629. The summed E-state index contributed by atoms with van der Waals surface area (Å²) >= 11 is 1.37. The van der Waals surface area contributed by atoms with Gasteiger partial charge in [0.25, 0.3) is 5.69 Å². The zero-order chi connectivity index (χ0) is 16.3. The van der Waals surface area contributed by atoms with Gasteiger partial charge in [-0.1, -0.05) is 12.1 Å². The van der Waals surface area contributed by atoms with Crippen molar-refractivity contribution in [3.63, 3.8) is 0 Å². The Morgan fingerprint density at radius 2 is 2.10 bits per heavy atom. The molecule has 0 bridgehead atoms. The molecular formula is C12H18N2O5S2. The molecule has 0 spiro atoms. The van der Waals surface area contributed by atoms with E-state index in [0.29, 0.717) is 5.75 Å². The minimum absolute atomic E-state index is 0.221. The lowest BCUT2D eigenvalue weighted by atomic mass is 10.1. The highest BCUT2D eigenvalue weighted by atomic mass is 32.2. The Labute approximate surface area is 128 Å². The van der Waals surface area contributed by atoms with Crippen molar-refractivity contribution in [2.45, 2.75) is 24.3 Å². The number of hydrogen-bond acceptors (Lipinski definition) is 6. The summed E-state index contributed by atoms with van der Waals surface area (Å²) in [7, 11) is -4.08. The van der Waals surface area contributed by atoms with Crippen LogP contribution in [-0.2, 0) is 10.0 Å². The van der Waals surface area contributed by atoms with Crippen molar-refractivity contribution in [2.75, 3.05) is 18.6 Å². The third kappa shape index (κ3) is 4.67. The van der Waals surface area contributed by atoms with E-state index in [1.807, 2.05) is 0 Å². The van der Waals surface area contributed by atoms with E-state index >= 15 is 0 Å². The van der Waals surface area contributed by atoms with Crippen LogP contribution in [-0.4, -0.2) is 42.6 Å². The van der Waals surface area contributed by atoms with E-state index in [2.05, 4.69) is 4.72 Å². The number of benzene rings is 1. The monoisotopic (exact) mass is 334 g/mol. The van der Waals surface area contributed by atoms with E-state index in [1.54, 1.807) is 6.26 Å². The molecule has 1 rings (SSSR count). The predicted octanol–water partition coefficient (Wildman–Crippen LogP) is 1.30. The lowest BCUT2D eigenvalue weighted by molar-refractivity contribution is -0.387. The zero-order valence-corrected chi connectivity index (χ0v) is 13.6. The predicted molar refractivity (Wildman–Crippen MR) is 82.0 cm³/mol. The van der Waals surface area contributed by atoms with Crippen LogP contribution in [0.4, 0.5) is 5.69 Å². The van der Waals surface area contributed by atoms with Crippen molar-refractivity contribution in [2.24, 2.45) is 0 Å². The Morgan fingerprint density at radius 3 is 2.62 bits per heavy atom. The summed E-state index contributed by atoms with van der Waals surface area (Å²) in [4.78, 5) is 9.88. The van der Waals surface area contributed by atoms with Crippen LogP contribution in [0.5, 0.6) is 0 Å². The molecule has 7 nitrogen and oxygen atoms in total. The molecule has 0 saturated heterocycles. The fourth-order valence-electron chi connectivity index (χ4n) is 1.81. The third-order valence-electron chi connectivity index (χ3n) is 2.75. The number of nitro groups is 1. The highest BCUT2D eigenvalue weighted by Crippen LogP contribution is 2.26. The van der Waals surface area contributed by atoms with Crippen LogP contribution in [0.3, 0.4) is 0 Å². The van der Waals surface area contributed by atoms with Crippen molar-refractivity contribution in [1.29, 1.82) is 0 Å². The normalized spacial score (nSPS) is 14.7. The molecule has 0 aromatic heterocycles. The van der Waals surface area contributed by atoms with Crippen LogP contribution in [0.2, 0.25) is 0 Å². The SMILES string of the molecule is CSCC(C)(O)CNS(=O)(=O)c1c(C)cccc1[N+](=O)[O-]. The standard InChI is InChI=1S/C12H18N2O5S2/c1-9-5-4-6-10(14(16)17)11(9)21(18,19)13-7-12(2,15)8-20-3/h4-6,13,15H,7-8H2,1-3H3. The lowest BCUT2D eigenvalue weighted by Crippen LogP contribution is -2.42. The van der Waals surface area contributed by atoms with Gasteiger partial charge in [-0.2, -0.15) is 11.8 Å². The molecule has 0 radical (unpaired) electrons. The van der Waals surface area contributed by atoms with Gasteiger partial charge in [-0.05, 0) is 25.7 Å². The second kappa shape index (κ2) is 6.73. The smallest absolute Gasteiger partial charge is 0.289 e. The average molecular weight is 334 g/mol. The maximum absolute atomic E-state index is 12.3. The van der Waals surface area contributed by atoms with Crippen LogP contribution >= 0.6 is 11.8 Å². The van der Waals surface area contributed by atoms with Crippen molar-refractivity contribution in [1.82, 2.24) is 4.72 Å². The van der Waals surface area contributed by atoms with Crippen molar-refractivity contribution in [3.05, 3.63) is 33.9 Å². The molecule has 2 N–H and O–H groups in total. The largest absolute Gasteiger partial charge is 0.388 e. The van der Waals surface area contributed by atoms with Crippen LogP contribution in [0, 0.1) is 17.0 Å². The van der Waals surface area contributed by atoms with Crippen molar-refractivity contribution in [3.8, 4) is 0 Å². The van der Waals surface area contributed by atoms with Gasteiger partial charge in [0, 0.05) is 18.4 Å². The molecule has 21 heavy (non-hydrogen) atoms. The van der Waals surface area contributed by atoms with E-state index in [9.17, 15) is 23.6 Å². The summed E-state index contributed by atoms with van der Waals surface area (Å²) in [6.45, 7) is 2.77. The summed E-state index contributed by atoms with van der Waals surface area (Å²) in [5.41, 5.74) is -1.43. The molecule has 0 fully saturated rings. The van der Waals surface area contributed by atoms with Crippen LogP contribution in [0.25, 0.3) is 0 Å². The van der Waals surface area contributed by atoms with E-state index in [-0.39, 0.29) is 17.0 Å². The molecule has 0 aliphatic carbocycles. The summed E-state index contributed by atoms with van der Waals surface area (Å²) < 4.78 is 26.8. The van der Waals surface area contributed by atoms with Gasteiger partial charge < -0.3 is 5.11 Å². The Kier molecular flexibility index (Phi) is 5.74. The van der Waals surface area contributed by atoms with Gasteiger partial charge in [0.2, 0.25) is 10.0 Å². The number of nitrogens with zero attached hydrogens (tertiary/aromatic N) is 1. The fraction of sp³-hybridized carbons (Fsp3) is 0.500. The number of sulfonamides is 1. The maximum Gasteiger partial charge on any atom is 0.289 e. The first-order chi connectivity index (χ1) is 9.60. The first kappa shape index (κ1) is 17.9. The summed E-state index contributed by atoms with van der Waals surface area (Å²) in [5.74, 6) is 0.339. The van der Waals surface area contributed by atoms with Gasteiger partial charge in [-0.25, -0.2) is 13.1 Å². The molecule has 1 atom stereocenters. The number of thioether (sulfide) groups is 1. The minimum Gasteiger partial charge on any atom is -0.388 e. The second-order valence-corrected chi connectivity index (χ2v) is 7.50. The quantitative estimate of drug-likeness (QED) is 0.574. The first-order valence-electron chi connectivity index (χ1n) is 6.06. The topological polar surface area (TPSA) is 110 Å². The number of aliphatic hydroxyl groups is 1. The first-order valence-corrected chi connectivity index (χ1v) is 8.93. The Hall–Kier alpha value is -1.16. The molecule has 0 saturated carbocycles. The number of nitrogens with one attached hydrogen (secondary N) is 1. The molecule has 9 heteroatoms. The highest BCUT2D eigenvalue weighted by Gasteiger charge is 2.30. The minimum atomic E-state index is -4.08. The fourth-order valence-corrected chi connectivity index (χ4v) is 4.09. The second-order valence-electron chi connectivity index (χ2n) is 4.93. The number of rotatable bonds is 7. The van der Waals surface area contributed by atoms with E-state index in [0.717, 1.165) is 6.07 Å². The molecule has 0 amide bonds. The van der Waals surface area contributed by atoms with Crippen molar-refractivity contribution >= 4 is 27.5 Å². The molecule has 1 aromatic carbocycles. The lowest BCUT2D eigenvalue weighted by Gasteiger charge is -2.22. The van der Waals surface area contributed by atoms with Crippen LogP contribution < -0.4 is 4.72 Å². The Balaban J connectivity index is 3.12. The van der Waals surface area contributed by atoms with Crippen LogP contribution in [0.15, 0.2) is 23.1 Å². The molecular weight excluding hydrogens is 316 g/mol. The van der Waals surface area contributed by atoms with Gasteiger partial charge in [0.05, 0.1) is 10.5 Å². The van der Waals surface area contributed by atoms with Gasteiger partial charge in [0.15, 0.2) is 4.90 Å². The highest BCUT2D eigenvalue weighted by molar-refractivity contribution is 7.98. The van der Waals surface area contributed by atoms with E-state index in [1.165, 1.54) is 37.7 Å². The Morgan fingerprint density at radius 1 is 1.48 bits per heavy atom. The molecule has 1 unspecified atom stereocenters. The van der Waals surface area contributed by atoms with Gasteiger partial charge in [-0.3, -0.25) is 10.1 Å². The number of aryl methyl sites for hydroxylation is 1. The summed E-state index contributed by atoms with van der Waals surface area (Å²) in [6.07, 6.45) is 1.79.